The smallest absolute Gasteiger partial charge is 0.129 e. The lowest BCUT2D eigenvalue weighted by Crippen LogP contribution is -2.30. The number of nitrogens with zero attached hydrogens (tertiary/aromatic N) is 2. The number of hydrogen-bond donors (Lipinski definition) is 2. The Labute approximate surface area is 103 Å². The molecule has 2 rings (SSSR count). The first-order chi connectivity index (χ1) is 8.38. The molecule has 0 aromatic carbocycles. The molecule has 1 fully saturated rings. The molecule has 2 heterocycles. The predicted molar refractivity (Wildman–Crippen MR) is 70.1 cm³/mol. The highest BCUT2D eigenvalue weighted by molar-refractivity contribution is 5.34. The number of nitrogens with one attached hydrogen (secondary N) is 2. The second kappa shape index (κ2) is 6.55. The molecule has 1 aliphatic rings. The van der Waals surface area contributed by atoms with Crippen LogP contribution in [-0.2, 0) is 6.42 Å². The van der Waals surface area contributed by atoms with Crippen molar-refractivity contribution in [2.75, 3.05) is 25.0 Å². The van der Waals surface area contributed by atoms with Crippen LogP contribution in [0.1, 0.15) is 31.9 Å². The van der Waals surface area contributed by atoms with Gasteiger partial charge in [-0.25, -0.2) is 9.97 Å². The Morgan fingerprint density at radius 2 is 2.41 bits per heavy atom. The van der Waals surface area contributed by atoms with E-state index in [9.17, 15) is 0 Å². The van der Waals surface area contributed by atoms with Gasteiger partial charge < -0.3 is 10.6 Å². The van der Waals surface area contributed by atoms with Crippen molar-refractivity contribution in [3.05, 3.63) is 18.1 Å². The van der Waals surface area contributed by atoms with Gasteiger partial charge in [-0.2, -0.15) is 0 Å². The van der Waals surface area contributed by atoms with Gasteiger partial charge in [-0.1, -0.05) is 6.92 Å². The molecule has 4 nitrogen and oxygen atoms in total. The molecule has 94 valence electrons. The van der Waals surface area contributed by atoms with Crippen molar-refractivity contribution in [1.29, 1.82) is 0 Å². The maximum Gasteiger partial charge on any atom is 0.129 e. The van der Waals surface area contributed by atoms with Crippen LogP contribution in [0.3, 0.4) is 0 Å². The number of hydrogen-bond acceptors (Lipinski definition) is 4. The summed E-state index contributed by atoms with van der Waals surface area (Å²) in [6.45, 7) is 5.48. The van der Waals surface area contributed by atoms with E-state index in [4.69, 9.17) is 0 Å². The highest BCUT2D eigenvalue weighted by Crippen LogP contribution is 2.14. The van der Waals surface area contributed by atoms with Crippen molar-refractivity contribution < 1.29 is 0 Å². The number of piperidine rings is 1. The minimum absolute atomic E-state index is 0.823. The molecule has 0 saturated carbocycles. The van der Waals surface area contributed by atoms with Crippen molar-refractivity contribution in [1.82, 2.24) is 15.3 Å². The second-order valence-corrected chi connectivity index (χ2v) is 4.68. The monoisotopic (exact) mass is 234 g/mol. The Balaban J connectivity index is 1.73. The fourth-order valence-corrected chi connectivity index (χ4v) is 2.26. The molecule has 1 aliphatic heterocycles. The molecule has 2 N–H and O–H groups in total. The first-order valence-corrected chi connectivity index (χ1v) is 6.64. The van der Waals surface area contributed by atoms with E-state index < -0.39 is 0 Å². The number of anilines is 1. The van der Waals surface area contributed by atoms with Gasteiger partial charge in [-0.15, -0.1) is 0 Å². The lowest BCUT2D eigenvalue weighted by molar-refractivity contribution is 0.364. The molecule has 1 aromatic rings. The Kier molecular flexibility index (Phi) is 4.74. The van der Waals surface area contributed by atoms with Gasteiger partial charge in [0.25, 0.3) is 0 Å². The van der Waals surface area contributed by atoms with Gasteiger partial charge in [-0.3, -0.25) is 0 Å². The van der Waals surface area contributed by atoms with Crippen LogP contribution < -0.4 is 10.6 Å². The molecular weight excluding hydrogens is 212 g/mol. The van der Waals surface area contributed by atoms with Crippen LogP contribution in [0, 0.1) is 5.92 Å². The van der Waals surface area contributed by atoms with Gasteiger partial charge in [-0.05, 0) is 44.7 Å². The van der Waals surface area contributed by atoms with Crippen molar-refractivity contribution in [2.24, 2.45) is 5.92 Å². The minimum atomic E-state index is 0.823. The van der Waals surface area contributed by atoms with E-state index in [1.54, 1.807) is 6.33 Å². The molecule has 1 saturated heterocycles. The molecule has 0 spiro atoms. The fraction of sp³-hybridized carbons (Fsp3) is 0.692. The van der Waals surface area contributed by atoms with E-state index in [1.807, 2.05) is 6.07 Å². The van der Waals surface area contributed by atoms with Gasteiger partial charge in [0, 0.05) is 18.3 Å². The largest absolute Gasteiger partial charge is 0.370 e. The summed E-state index contributed by atoms with van der Waals surface area (Å²) in [6.07, 6.45) is 6.50. The van der Waals surface area contributed by atoms with Crippen LogP contribution in [0.5, 0.6) is 0 Å². The topological polar surface area (TPSA) is 49.8 Å². The molecule has 0 radical (unpaired) electrons. The summed E-state index contributed by atoms with van der Waals surface area (Å²) in [5.41, 5.74) is 1.10. The highest BCUT2D eigenvalue weighted by atomic mass is 15.0. The average molecular weight is 234 g/mol. The van der Waals surface area contributed by atoms with Gasteiger partial charge in [0.05, 0.1) is 0 Å². The van der Waals surface area contributed by atoms with E-state index in [-0.39, 0.29) is 0 Å². The summed E-state index contributed by atoms with van der Waals surface area (Å²) in [7, 11) is 0. The first-order valence-electron chi connectivity index (χ1n) is 6.64. The third-order valence-electron chi connectivity index (χ3n) is 3.34. The van der Waals surface area contributed by atoms with Gasteiger partial charge in [0.15, 0.2) is 0 Å². The zero-order valence-electron chi connectivity index (χ0n) is 10.6. The van der Waals surface area contributed by atoms with Crippen molar-refractivity contribution >= 4 is 5.82 Å². The molecule has 1 atom stereocenters. The van der Waals surface area contributed by atoms with Crippen LogP contribution >= 0.6 is 0 Å². The molecule has 1 unspecified atom stereocenters. The lowest BCUT2D eigenvalue weighted by atomic mass is 9.96. The Hall–Kier alpha value is -1.16. The van der Waals surface area contributed by atoms with Crippen LogP contribution in [0.15, 0.2) is 12.4 Å². The zero-order chi connectivity index (χ0) is 11.9. The molecule has 0 aliphatic carbocycles. The third kappa shape index (κ3) is 3.97. The number of aromatic nitrogens is 2. The van der Waals surface area contributed by atoms with Crippen LogP contribution in [0.2, 0.25) is 0 Å². The van der Waals surface area contributed by atoms with Crippen molar-refractivity contribution in [3.63, 3.8) is 0 Å². The third-order valence-corrected chi connectivity index (χ3v) is 3.34. The number of aryl methyl sites for hydroxylation is 1. The molecule has 17 heavy (non-hydrogen) atoms. The fourth-order valence-electron chi connectivity index (χ4n) is 2.26. The van der Waals surface area contributed by atoms with E-state index in [1.165, 1.54) is 32.4 Å². The Morgan fingerprint density at radius 1 is 1.47 bits per heavy atom. The zero-order valence-corrected chi connectivity index (χ0v) is 10.6. The molecular formula is C13H22N4. The average Bonchev–Trinajstić information content (AvgIpc) is 2.40. The first kappa shape index (κ1) is 12.3. The molecule has 4 heteroatoms. The minimum Gasteiger partial charge on any atom is -0.370 e. The van der Waals surface area contributed by atoms with Gasteiger partial charge in [0.1, 0.15) is 12.1 Å². The molecule has 0 amide bonds. The highest BCUT2D eigenvalue weighted by Gasteiger charge is 2.12. The maximum atomic E-state index is 4.23. The van der Waals surface area contributed by atoms with Crippen LogP contribution in [-0.4, -0.2) is 29.6 Å². The molecule has 1 aromatic heterocycles. The van der Waals surface area contributed by atoms with Crippen molar-refractivity contribution in [3.8, 4) is 0 Å². The Morgan fingerprint density at radius 3 is 3.18 bits per heavy atom. The standard InChI is InChI=1S/C13H22N4/c1-2-12-8-13(17-10-16-12)15-7-5-11-4-3-6-14-9-11/h8,10-11,14H,2-7,9H2,1H3,(H,15,16,17). The summed E-state index contributed by atoms with van der Waals surface area (Å²) in [5, 5.41) is 6.84. The van der Waals surface area contributed by atoms with Gasteiger partial charge >= 0.3 is 0 Å². The molecule has 0 bridgehead atoms. The SMILES string of the molecule is CCc1cc(NCCC2CCCNC2)ncn1. The second-order valence-electron chi connectivity index (χ2n) is 4.68. The number of rotatable bonds is 5. The van der Waals surface area contributed by atoms with Crippen LogP contribution in [0.4, 0.5) is 5.82 Å². The summed E-state index contributed by atoms with van der Waals surface area (Å²) in [5.74, 6) is 1.78. The van der Waals surface area contributed by atoms with E-state index in [0.29, 0.717) is 0 Å². The van der Waals surface area contributed by atoms with E-state index >= 15 is 0 Å². The Bertz CT molecular complexity index is 334. The quantitative estimate of drug-likeness (QED) is 0.816. The summed E-state index contributed by atoms with van der Waals surface area (Å²) >= 11 is 0. The van der Waals surface area contributed by atoms with Gasteiger partial charge in [0.2, 0.25) is 0 Å². The van der Waals surface area contributed by atoms with Crippen molar-refractivity contribution in [2.45, 2.75) is 32.6 Å². The maximum absolute atomic E-state index is 4.23. The van der Waals surface area contributed by atoms with E-state index in [0.717, 1.165) is 30.4 Å². The summed E-state index contributed by atoms with van der Waals surface area (Å²) in [4.78, 5) is 8.43. The summed E-state index contributed by atoms with van der Waals surface area (Å²) < 4.78 is 0. The predicted octanol–water partition coefficient (Wildman–Crippen LogP) is 1.84. The van der Waals surface area contributed by atoms with E-state index in [2.05, 4.69) is 27.5 Å². The normalized spacial score (nSPS) is 20.2. The summed E-state index contributed by atoms with van der Waals surface area (Å²) in [6, 6.07) is 2.04. The van der Waals surface area contributed by atoms with Crippen LogP contribution in [0.25, 0.3) is 0 Å². The lowest BCUT2D eigenvalue weighted by Gasteiger charge is -2.22.